The predicted molar refractivity (Wildman–Crippen MR) is 133 cm³/mol. The Morgan fingerprint density at radius 2 is 1.69 bits per heavy atom. The number of benzene rings is 2. The molecule has 2 amide bonds. The maximum absolute atomic E-state index is 13.8. The first kappa shape index (κ1) is 23.5. The van der Waals surface area contributed by atoms with E-state index in [1.807, 2.05) is 19.1 Å². The lowest BCUT2D eigenvalue weighted by molar-refractivity contribution is -0.148. The minimum Gasteiger partial charge on any atom is -0.508 e. The fourth-order valence-corrected chi connectivity index (χ4v) is 6.41. The third-order valence-electron chi connectivity index (χ3n) is 6.96. The molecule has 4 unspecified atom stereocenters. The lowest BCUT2D eigenvalue weighted by atomic mass is 9.76. The molecule has 4 atom stereocenters. The number of rotatable bonds is 6. The first-order valence-corrected chi connectivity index (χ1v) is 12.5. The molecule has 0 bridgehead atoms. The van der Waals surface area contributed by atoms with Crippen LogP contribution in [-0.2, 0) is 27.2 Å². The number of carboxylic acid groups (broad SMARTS) is 1. The SMILES string of the molecule is CCc1ccc(N2C(=O)C3C(c4ccc(Cl)s4)NC(Cc4ccc(O)cc4)(C(=O)O)C3C2=O)cc1. The lowest BCUT2D eigenvalue weighted by Crippen LogP contribution is -2.57. The van der Waals surface area contributed by atoms with Crippen molar-refractivity contribution in [1.29, 1.82) is 0 Å². The number of carboxylic acids is 1. The molecule has 0 saturated carbocycles. The Kier molecular flexibility index (Phi) is 5.91. The largest absolute Gasteiger partial charge is 0.508 e. The van der Waals surface area contributed by atoms with E-state index in [0.29, 0.717) is 20.5 Å². The van der Waals surface area contributed by atoms with Crippen LogP contribution in [0.1, 0.15) is 29.0 Å². The molecule has 3 aromatic rings. The van der Waals surface area contributed by atoms with Crippen molar-refractivity contribution in [2.24, 2.45) is 11.8 Å². The third kappa shape index (κ3) is 3.82. The Labute approximate surface area is 211 Å². The van der Waals surface area contributed by atoms with Gasteiger partial charge in [0.1, 0.15) is 11.3 Å². The molecule has 5 rings (SSSR count). The number of carbonyl (C=O) groups excluding carboxylic acids is 2. The van der Waals surface area contributed by atoms with Crippen LogP contribution in [0.5, 0.6) is 5.75 Å². The number of anilines is 1. The summed E-state index contributed by atoms with van der Waals surface area (Å²) >= 11 is 7.42. The number of aliphatic carboxylic acids is 1. The molecule has 7 nitrogen and oxygen atoms in total. The number of aromatic hydroxyl groups is 1. The molecule has 3 heterocycles. The van der Waals surface area contributed by atoms with E-state index >= 15 is 0 Å². The number of hydrogen-bond donors (Lipinski definition) is 3. The quantitative estimate of drug-likeness (QED) is 0.429. The summed E-state index contributed by atoms with van der Waals surface area (Å²) in [5, 5.41) is 23.3. The summed E-state index contributed by atoms with van der Waals surface area (Å²) < 4.78 is 0.508. The number of phenols is 1. The van der Waals surface area contributed by atoms with Crippen LogP contribution in [0.4, 0.5) is 5.69 Å². The van der Waals surface area contributed by atoms with Crippen molar-refractivity contribution in [3.63, 3.8) is 0 Å². The smallest absolute Gasteiger partial charge is 0.325 e. The van der Waals surface area contributed by atoms with Gasteiger partial charge >= 0.3 is 5.97 Å². The fourth-order valence-electron chi connectivity index (χ4n) is 5.25. The Morgan fingerprint density at radius 3 is 2.26 bits per heavy atom. The highest BCUT2D eigenvalue weighted by Crippen LogP contribution is 2.52. The number of thiophene rings is 1. The number of hydrogen-bond acceptors (Lipinski definition) is 6. The van der Waals surface area contributed by atoms with Gasteiger partial charge in [0.25, 0.3) is 0 Å². The van der Waals surface area contributed by atoms with Gasteiger partial charge in [0.2, 0.25) is 11.8 Å². The van der Waals surface area contributed by atoms with Gasteiger partial charge in [0.05, 0.1) is 27.9 Å². The monoisotopic (exact) mass is 510 g/mol. The van der Waals surface area contributed by atoms with Gasteiger partial charge < -0.3 is 10.2 Å². The Balaban J connectivity index is 1.62. The number of carbonyl (C=O) groups is 3. The summed E-state index contributed by atoms with van der Waals surface area (Å²) in [6.07, 6.45) is 0.772. The number of nitrogens with zero attached hydrogens (tertiary/aromatic N) is 1. The number of imide groups is 1. The molecular weight excluding hydrogens is 488 g/mol. The van der Waals surface area contributed by atoms with E-state index in [9.17, 15) is 24.6 Å². The van der Waals surface area contributed by atoms with E-state index in [2.05, 4.69) is 5.32 Å². The average molecular weight is 511 g/mol. The van der Waals surface area contributed by atoms with Crippen molar-refractivity contribution in [2.45, 2.75) is 31.3 Å². The van der Waals surface area contributed by atoms with Crippen LogP contribution in [-0.4, -0.2) is 33.5 Å². The number of halogens is 1. The molecular formula is C26H23ClN2O5S. The maximum Gasteiger partial charge on any atom is 0.325 e. The van der Waals surface area contributed by atoms with E-state index < -0.39 is 41.2 Å². The summed E-state index contributed by atoms with van der Waals surface area (Å²) in [6, 6.07) is 16.1. The van der Waals surface area contributed by atoms with Crippen molar-refractivity contribution in [2.75, 3.05) is 4.90 Å². The minimum atomic E-state index is -1.73. The van der Waals surface area contributed by atoms with Gasteiger partial charge in [-0.1, -0.05) is 42.8 Å². The third-order valence-corrected chi connectivity index (χ3v) is 8.27. The first-order valence-electron chi connectivity index (χ1n) is 11.3. The number of aryl methyl sites for hydroxylation is 1. The van der Waals surface area contributed by atoms with Gasteiger partial charge in [-0.05, 0) is 53.9 Å². The standard InChI is InChI=1S/C26H23ClN2O5S/c1-2-14-3-7-16(8-4-14)29-23(31)20-21(24(29)32)26(25(33)34,13-15-5-9-17(30)10-6-15)28-22(20)18-11-12-19(27)35-18/h3-12,20-22,28,30H,2,13H2,1H3,(H,33,34). The van der Waals surface area contributed by atoms with Crippen LogP contribution in [0.3, 0.4) is 0 Å². The van der Waals surface area contributed by atoms with Gasteiger partial charge in [-0.3, -0.25) is 19.7 Å². The highest BCUT2D eigenvalue weighted by atomic mass is 35.5. The molecule has 35 heavy (non-hydrogen) atoms. The second-order valence-corrected chi connectivity index (χ2v) is 10.7. The molecule has 2 aliphatic heterocycles. The zero-order chi connectivity index (χ0) is 24.9. The zero-order valence-corrected chi connectivity index (χ0v) is 20.3. The molecule has 9 heteroatoms. The summed E-state index contributed by atoms with van der Waals surface area (Å²) in [5.74, 6) is -4.16. The Bertz CT molecular complexity index is 1310. The second kappa shape index (κ2) is 8.78. The summed E-state index contributed by atoms with van der Waals surface area (Å²) in [7, 11) is 0. The van der Waals surface area contributed by atoms with Crippen LogP contribution in [0.15, 0.2) is 60.7 Å². The zero-order valence-electron chi connectivity index (χ0n) is 18.8. The van der Waals surface area contributed by atoms with E-state index in [1.54, 1.807) is 36.4 Å². The van der Waals surface area contributed by atoms with E-state index in [0.717, 1.165) is 16.9 Å². The summed E-state index contributed by atoms with van der Waals surface area (Å²) in [6.45, 7) is 2.01. The topological polar surface area (TPSA) is 107 Å². The lowest BCUT2D eigenvalue weighted by Gasteiger charge is -2.31. The molecule has 0 radical (unpaired) electrons. The number of nitrogens with one attached hydrogen (secondary N) is 1. The molecule has 2 fully saturated rings. The maximum atomic E-state index is 13.8. The van der Waals surface area contributed by atoms with Crippen LogP contribution >= 0.6 is 22.9 Å². The van der Waals surface area contributed by atoms with Crippen LogP contribution in [0.2, 0.25) is 4.34 Å². The molecule has 0 aliphatic carbocycles. The van der Waals surface area contributed by atoms with Gasteiger partial charge in [-0.2, -0.15) is 0 Å². The number of phenolic OH excluding ortho intramolecular Hbond substituents is 1. The molecule has 2 aromatic carbocycles. The average Bonchev–Trinajstić information content (AvgIpc) is 3.50. The van der Waals surface area contributed by atoms with Crippen molar-refractivity contribution in [3.8, 4) is 5.75 Å². The Morgan fingerprint density at radius 1 is 1.03 bits per heavy atom. The van der Waals surface area contributed by atoms with E-state index in [4.69, 9.17) is 11.6 Å². The molecule has 0 spiro atoms. The summed E-state index contributed by atoms with van der Waals surface area (Å²) in [5.41, 5.74) is 0.381. The van der Waals surface area contributed by atoms with E-state index in [1.165, 1.54) is 23.5 Å². The Hall–Kier alpha value is -3.20. The first-order chi connectivity index (χ1) is 16.7. The van der Waals surface area contributed by atoms with Crippen molar-refractivity contribution < 1.29 is 24.6 Å². The van der Waals surface area contributed by atoms with Crippen LogP contribution < -0.4 is 10.2 Å². The van der Waals surface area contributed by atoms with Gasteiger partial charge in [-0.15, -0.1) is 11.3 Å². The fraction of sp³-hybridized carbons (Fsp3) is 0.269. The number of amides is 2. The predicted octanol–water partition coefficient (Wildman–Crippen LogP) is 4.19. The van der Waals surface area contributed by atoms with Gasteiger partial charge in [0.15, 0.2) is 0 Å². The minimum absolute atomic E-state index is 0.0407. The second-order valence-electron chi connectivity index (χ2n) is 8.92. The van der Waals surface area contributed by atoms with Crippen molar-refractivity contribution in [1.82, 2.24) is 5.32 Å². The molecule has 2 saturated heterocycles. The molecule has 2 aliphatic rings. The van der Waals surface area contributed by atoms with Crippen molar-refractivity contribution >= 4 is 46.4 Å². The molecule has 3 N–H and O–H groups in total. The number of fused-ring (bicyclic) bond motifs is 1. The normalized spacial score (nSPS) is 25.8. The molecule has 1 aromatic heterocycles. The molecule has 180 valence electrons. The highest BCUT2D eigenvalue weighted by Gasteiger charge is 2.68. The van der Waals surface area contributed by atoms with Crippen LogP contribution in [0, 0.1) is 11.8 Å². The highest BCUT2D eigenvalue weighted by molar-refractivity contribution is 7.16. The van der Waals surface area contributed by atoms with Crippen LogP contribution in [0.25, 0.3) is 0 Å². The van der Waals surface area contributed by atoms with Gasteiger partial charge in [0, 0.05) is 11.3 Å². The van der Waals surface area contributed by atoms with Crippen molar-refractivity contribution in [3.05, 3.63) is 81.0 Å². The van der Waals surface area contributed by atoms with E-state index in [-0.39, 0.29) is 12.2 Å². The summed E-state index contributed by atoms with van der Waals surface area (Å²) in [4.78, 5) is 42.3. The van der Waals surface area contributed by atoms with Gasteiger partial charge in [-0.25, -0.2) is 4.90 Å².